The van der Waals surface area contributed by atoms with Gasteiger partial charge < -0.3 is 14.6 Å². The van der Waals surface area contributed by atoms with Crippen molar-refractivity contribution in [3.63, 3.8) is 0 Å². The van der Waals surface area contributed by atoms with Crippen LogP contribution in [0.4, 0.5) is 0 Å². The summed E-state index contributed by atoms with van der Waals surface area (Å²) in [4.78, 5) is 23.7. The monoisotopic (exact) mass is 280 g/mol. The molecule has 5 heteroatoms. The predicted octanol–water partition coefficient (Wildman–Crippen LogP) is 2.91. The van der Waals surface area contributed by atoms with Crippen LogP contribution in [-0.2, 0) is 9.47 Å². The molecule has 0 amide bonds. The molecule has 0 saturated carbocycles. The maximum Gasteiger partial charge on any atom is 0.342 e. The van der Waals surface area contributed by atoms with Gasteiger partial charge in [-0.15, -0.1) is 0 Å². The molecule has 0 aliphatic rings. The summed E-state index contributed by atoms with van der Waals surface area (Å²) in [7, 11) is 0. The number of phenols is 1. The number of rotatable bonds is 4. The predicted molar refractivity (Wildman–Crippen MR) is 73.8 cm³/mol. The molecule has 20 heavy (non-hydrogen) atoms. The molecule has 0 heterocycles. The van der Waals surface area contributed by atoms with Gasteiger partial charge in [0.1, 0.15) is 16.9 Å². The lowest BCUT2D eigenvalue weighted by molar-refractivity contribution is 0.00668. The lowest BCUT2D eigenvalue weighted by Crippen LogP contribution is -2.24. The lowest BCUT2D eigenvalue weighted by atomic mass is 10.1. The minimum atomic E-state index is -0.680. The van der Waals surface area contributed by atoms with Crippen LogP contribution >= 0.6 is 0 Å². The third-order valence-corrected chi connectivity index (χ3v) is 2.29. The fourth-order valence-corrected chi connectivity index (χ4v) is 1.44. The maximum absolute atomic E-state index is 11.9. The summed E-state index contributed by atoms with van der Waals surface area (Å²) >= 11 is 0. The van der Waals surface area contributed by atoms with Gasteiger partial charge in [0, 0.05) is 0 Å². The van der Waals surface area contributed by atoms with Crippen molar-refractivity contribution in [3.05, 3.63) is 29.3 Å². The Labute approximate surface area is 118 Å². The van der Waals surface area contributed by atoms with Crippen molar-refractivity contribution >= 4 is 11.9 Å². The highest BCUT2D eigenvalue weighted by Crippen LogP contribution is 2.22. The van der Waals surface area contributed by atoms with Gasteiger partial charge >= 0.3 is 11.9 Å². The molecule has 0 radical (unpaired) electrons. The molecule has 0 atom stereocenters. The molecule has 0 aliphatic carbocycles. The van der Waals surface area contributed by atoms with E-state index < -0.39 is 17.5 Å². The van der Waals surface area contributed by atoms with Gasteiger partial charge in [0.2, 0.25) is 0 Å². The molecule has 0 saturated heterocycles. The van der Waals surface area contributed by atoms with Gasteiger partial charge in [-0.3, -0.25) is 0 Å². The third-order valence-electron chi connectivity index (χ3n) is 2.29. The van der Waals surface area contributed by atoms with E-state index in [1.165, 1.54) is 18.2 Å². The van der Waals surface area contributed by atoms with E-state index >= 15 is 0 Å². The first kappa shape index (κ1) is 16.0. The standard InChI is InChI=1S/C15H20O5/c1-5-8-19-13(17)10-6-7-12(16)11(9-10)14(18)20-15(2,3)4/h6-7,9,16H,5,8H2,1-4H3. The number of aromatic hydroxyl groups is 1. The number of carbonyl (C=O) groups excluding carboxylic acids is 2. The lowest BCUT2D eigenvalue weighted by Gasteiger charge is -2.20. The zero-order valence-electron chi connectivity index (χ0n) is 12.2. The minimum absolute atomic E-state index is 0.0501. The van der Waals surface area contributed by atoms with E-state index in [1.807, 2.05) is 6.92 Å². The Morgan fingerprint density at radius 3 is 2.40 bits per heavy atom. The molecule has 110 valence electrons. The largest absolute Gasteiger partial charge is 0.507 e. The number of ether oxygens (including phenoxy) is 2. The highest BCUT2D eigenvalue weighted by atomic mass is 16.6. The highest BCUT2D eigenvalue weighted by molar-refractivity contribution is 5.97. The van der Waals surface area contributed by atoms with Gasteiger partial charge in [-0.1, -0.05) is 6.92 Å². The van der Waals surface area contributed by atoms with Crippen LogP contribution in [0.1, 0.15) is 54.8 Å². The van der Waals surface area contributed by atoms with Crippen LogP contribution in [0.2, 0.25) is 0 Å². The molecule has 0 spiro atoms. The van der Waals surface area contributed by atoms with E-state index in [2.05, 4.69) is 0 Å². The number of phenolic OH excluding ortho intramolecular Hbond substituents is 1. The van der Waals surface area contributed by atoms with E-state index in [4.69, 9.17) is 9.47 Å². The first-order valence-electron chi connectivity index (χ1n) is 6.48. The molecule has 0 bridgehead atoms. The molecule has 1 N–H and O–H groups in total. The molecular weight excluding hydrogens is 260 g/mol. The van der Waals surface area contributed by atoms with Crippen molar-refractivity contribution in [2.45, 2.75) is 39.7 Å². The van der Waals surface area contributed by atoms with Crippen LogP contribution in [0.3, 0.4) is 0 Å². The van der Waals surface area contributed by atoms with Crippen LogP contribution in [0.25, 0.3) is 0 Å². The van der Waals surface area contributed by atoms with Crippen molar-refractivity contribution in [1.29, 1.82) is 0 Å². The van der Waals surface area contributed by atoms with Gasteiger partial charge in [0.25, 0.3) is 0 Å². The zero-order chi connectivity index (χ0) is 15.3. The van der Waals surface area contributed by atoms with Gasteiger partial charge in [-0.25, -0.2) is 9.59 Å². The minimum Gasteiger partial charge on any atom is -0.507 e. The number of carbonyl (C=O) groups is 2. The Kier molecular flexibility index (Phi) is 5.13. The normalized spacial score (nSPS) is 11.0. The average Bonchev–Trinajstić information content (AvgIpc) is 2.34. The first-order valence-corrected chi connectivity index (χ1v) is 6.48. The summed E-state index contributed by atoms with van der Waals surface area (Å²) in [6.45, 7) is 7.36. The Morgan fingerprint density at radius 1 is 1.20 bits per heavy atom. The average molecular weight is 280 g/mol. The summed E-state index contributed by atoms with van der Waals surface area (Å²) in [6, 6.07) is 3.96. The molecule has 1 aromatic carbocycles. The second-order valence-electron chi connectivity index (χ2n) is 5.37. The molecule has 1 rings (SSSR count). The summed E-state index contributed by atoms with van der Waals surface area (Å²) in [5, 5.41) is 9.71. The molecule has 1 aromatic rings. The summed E-state index contributed by atoms with van der Waals surface area (Å²) in [5.74, 6) is -1.44. The number of hydrogen-bond donors (Lipinski definition) is 1. The van der Waals surface area contributed by atoms with Crippen LogP contribution < -0.4 is 0 Å². The molecular formula is C15H20O5. The molecule has 0 aromatic heterocycles. The van der Waals surface area contributed by atoms with Crippen molar-refractivity contribution in [1.82, 2.24) is 0 Å². The third kappa shape index (κ3) is 4.57. The number of benzene rings is 1. The van der Waals surface area contributed by atoms with Crippen molar-refractivity contribution in [2.24, 2.45) is 0 Å². The van der Waals surface area contributed by atoms with E-state index in [9.17, 15) is 14.7 Å². The molecule has 5 nitrogen and oxygen atoms in total. The zero-order valence-corrected chi connectivity index (χ0v) is 12.2. The summed E-state index contributed by atoms with van der Waals surface area (Å²) in [6.07, 6.45) is 0.711. The second-order valence-corrected chi connectivity index (χ2v) is 5.37. The number of esters is 2. The summed E-state index contributed by atoms with van der Waals surface area (Å²) < 4.78 is 10.1. The Bertz CT molecular complexity index is 499. The van der Waals surface area contributed by atoms with E-state index in [1.54, 1.807) is 20.8 Å². The fourth-order valence-electron chi connectivity index (χ4n) is 1.44. The Morgan fingerprint density at radius 2 is 1.85 bits per heavy atom. The topological polar surface area (TPSA) is 72.8 Å². The Hall–Kier alpha value is -2.04. The van der Waals surface area contributed by atoms with Gasteiger partial charge in [0.15, 0.2) is 0 Å². The van der Waals surface area contributed by atoms with Gasteiger partial charge in [-0.05, 0) is 45.4 Å². The van der Waals surface area contributed by atoms with E-state index in [0.717, 1.165) is 0 Å². The van der Waals surface area contributed by atoms with Gasteiger partial charge in [-0.2, -0.15) is 0 Å². The SMILES string of the molecule is CCCOC(=O)c1ccc(O)c(C(=O)OC(C)(C)C)c1. The van der Waals surface area contributed by atoms with Crippen LogP contribution in [0.5, 0.6) is 5.75 Å². The van der Waals surface area contributed by atoms with Crippen LogP contribution in [-0.4, -0.2) is 29.3 Å². The first-order chi connectivity index (χ1) is 9.24. The molecule has 0 aliphatic heterocycles. The quantitative estimate of drug-likeness (QED) is 0.858. The second kappa shape index (κ2) is 6.41. The highest BCUT2D eigenvalue weighted by Gasteiger charge is 2.22. The smallest absolute Gasteiger partial charge is 0.342 e. The van der Waals surface area contributed by atoms with E-state index in [-0.39, 0.29) is 16.9 Å². The van der Waals surface area contributed by atoms with E-state index in [0.29, 0.717) is 13.0 Å². The molecule has 0 fully saturated rings. The van der Waals surface area contributed by atoms with Crippen molar-refractivity contribution < 1.29 is 24.2 Å². The van der Waals surface area contributed by atoms with Crippen molar-refractivity contribution in [3.8, 4) is 5.75 Å². The Balaban J connectivity index is 2.97. The van der Waals surface area contributed by atoms with Crippen LogP contribution in [0, 0.1) is 0 Å². The van der Waals surface area contributed by atoms with Crippen molar-refractivity contribution in [2.75, 3.05) is 6.61 Å². The fraction of sp³-hybridized carbons (Fsp3) is 0.467. The maximum atomic E-state index is 11.9. The summed E-state index contributed by atoms with van der Waals surface area (Å²) in [5.41, 5.74) is -0.523. The molecule has 0 unspecified atom stereocenters. The van der Waals surface area contributed by atoms with Gasteiger partial charge in [0.05, 0.1) is 12.2 Å². The number of hydrogen-bond acceptors (Lipinski definition) is 5. The van der Waals surface area contributed by atoms with Crippen LogP contribution in [0.15, 0.2) is 18.2 Å².